The Labute approximate surface area is 141 Å². The molecule has 1 saturated heterocycles. The van der Waals surface area contributed by atoms with Crippen molar-refractivity contribution in [3.8, 4) is 0 Å². The number of hydrogen-bond donors (Lipinski definition) is 2. The molecular weight excluding hydrogens is 316 g/mol. The van der Waals surface area contributed by atoms with Gasteiger partial charge in [-0.25, -0.2) is 0 Å². The van der Waals surface area contributed by atoms with Crippen molar-refractivity contribution in [3.63, 3.8) is 0 Å². The summed E-state index contributed by atoms with van der Waals surface area (Å²) in [6, 6.07) is 7.21. The lowest BCUT2D eigenvalue weighted by Gasteiger charge is -2.23. The van der Waals surface area contributed by atoms with Gasteiger partial charge < -0.3 is 15.4 Å². The number of benzene rings is 1. The monoisotopic (exact) mass is 338 g/mol. The summed E-state index contributed by atoms with van der Waals surface area (Å²) >= 11 is 5.83. The second kappa shape index (κ2) is 7.79. The summed E-state index contributed by atoms with van der Waals surface area (Å²) in [6.45, 7) is 4.79. The Bertz CT molecular complexity index is 551. The molecule has 1 fully saturated rings. The zero-order chi connectivity index (χ0) is 16.9. The highest BCUT2D eigenvalue weighted by Gasteiger charge is 2.36. The van der Waals surface area contributed by atoms with Crippen LogP contribution in [0.1, 0.15) is 32.3 Å². The Kier molecular flexibility index (Phi) is 6.02. The van der Waals surface area contributed by atoms with E-state index in [1.165, 1.54) is 0 Å². The highest BCUT2D eigenvalue weighted by atomic mass is 35.5. The van der Waals surface area contributed by atoms with E-state index in [2.05, 4.69) is 10.6 Å². The fraction of sp³-hybridized carbons (Fsp3) is 0.529. The van der Waals surface area contributed by atoms with Crippen molar-refractivity contribution in [1.29, 1.82) is 0 Å². The van der Waals surface area contributed by atoms with Crippen LogP contribution in [0, 0.1) is 5.41 Å². The van der Waals surface area contributed by atoms with Gasteiger partial charge in [-0.2, -0.15) is 0 Å². The summed E-state index contributed by atoms with van der Waals surface area (Å²) in [4.78, 5) is 24.6. The van der Waals surface area contributed by atoms with Crippen molar-refractivity contribution in [2.75, 3.05) is 13.2 Å². The minimum absolute atomic E-state index is 0.0619. The van der Waals surface area contributed by atoms with Crippen LogP contribution in [0.3, 0.4) is 0 Å². The third-order valence-electron chi connectivity index (χ3n) is 4.02. The molecule has 1 aliphatic rings. The van der Waals surface area contributed by atoms with Crippen molar-refractivity contribution in [1.82, 2.24) is 10.6 Å². The van der Waals surface area contributed by atoms with Gasteiger partial charge in [0.2, 0.25) is 11.8 Å². The number of nitrogens with one attached hydrogen (secondary N) is 2. The molecule has 23 heavy (non-hydrogen) atoms. The van der Waals surface area contributed by atoms with E-state index < -0.39 is 5.41 Å². The predicted octanol–water partition coefficient (Wildman–Crippen LogP) is 2.28. The molecule has 0 saturated carbocycles. The van der Waals surface area contributed by atoms with Crippen LogP contribution in [-0.4, -0.2) is 31.1 Å². The molecule has 1 atom stereocenters. The fourth-order valence-corrected chi connectivity index (χ4v) is 2.47. The first-order valence-corrected chi connectivity index (χ1v) is 8.20. The third kappa shape index (κ3) is 4.94. The number of rotatable bonds is 6. The number of carbonyl (C=O) groups is 2. The first-order chi connectivity index (χ1) is 10.9. The summed E-state index contributed by atoms with van der Waals surface area (Å²) < 4.78 is 5.47. The van der Waals surface area contributed by atoms with Gasteiger partial charge in [-0.1, -0.05) is 23.7 Å². The van der Waals surface area contributed by atoms with Gasteiger partial charge in [-0.15, -0.1) is 0 Å². The Morgan fingerprint density at radius 3 is 2.48 bits per heavy atom. The molecule has 1 unspecified atom stereocenters. The second-order valence-electron chi connectivity index (χ2n) is 6.28. The average Bonchev–Trinajstić information content (AvgIpc) is 3.05. The molecule has 0 spiro atoms. The molecule has 2 amide bonds. The Balaban J connectivity index is 1.82. The molecule has 6 heteroatoms. The topological polar surface area (TPSA) is 67.4 Å². The summed E-state index contributed by atoms with van der Waals surface area (Å²) in [5, 5.41) is 6.25. The van der Waals surface area contributed by atoms with Gasteiger partial charge in [0.15, 0.2) is 0 Å². The molecule has 1 aliphatic heterocycles. The number of amides is 2. The second-order valence-corrected chi connectivity index (χ2v) is 6.72. The normalized spacial score (nSPS) is 17.8. The maximum Gasteiger partial charge on any atom is 0.235 e. The smallest absolute Gasteiger partial charge is 0.235 e. The quantitative estimate of drug-likeness (QED) is 0.782. The van der Waals surface area contributed by atoms with Gasteiger partial charge in [0.1, 0.15) is 5.41 Å². The highest BCUT2D eigenvalue weighted by Crippen LogP contribution is 2.17. The van der Waals surface area contributed by atoms with E-state index in [1.807, 2.05) is 12.1 Å². The molecule has 126 valence electrons. The van der Waals surface area contributed by atoms with E-state index >= 15 is 0 Å². The maximum atomic E-state index is 12.3. The van der Waals surface area contributed by atoms with Crippen molar-refractivity contribution < 1.29 is 14.3 Å². The van der Waals surface area contributed by atoms with Crippen molar-refractivity contribution in [3.05, 3.63) is 34.9 Å². The lowest BCUT2D eigenvalue weighted by molar-refractivity contribution is -0.141. The Hall–Kier alpha value is -1.59. The van der Waals surface area contributed by atoms with Gasteiger partial charge >= 0.3 is 0 Å². The molecule has 1 aromatic rings. The van der Waals surface area contributed by atoms with Crippen LogP contribution >= 0.6 is 11.6 Å². The molecule has 1 aromatic carbocycles. The lowest BCUT2D eigenvalue weighted by atomic mass is 9.91. The summed E-state index contributed by atoms with van der Waals surface area (Å²) in [5.74, 6) is -0.598. The minimum Gasteiger partial charge on any atom is -0.376 e. The van der Waals surface area contributed by atoms with Gasteiger partial charge in [0.25, 0.3) is 0 Å². The van der Waals surface area contributed by atoms with Crippen LogP contribution in [0.15, 0.2) is 24.3 Å². The summed E-state index contributed by atoms with van der Waals surface area (Å²) in [6.07, 6.45) is 2.03. The number of ether oxygens (including phenoxy) is 1. The van der Waals surface area contributed by atoms with Crippen LogP contribution in [0.4, 0.5) is 0 Å². The van der Waals surface area contributed by atoms with Crippen LogP contribution in [0.2, 0.25) is 5.02 Å². The van der Waals surface area contributed by atoms with E-state index in [0.717, 1.165) is 25.0 Å². The van der Waals surface area contributed by atoms with Crippen LogP contribution in [0.25, 0.3) is 0 Å². The predicted molar refractivity (Wildman–Crippen MR) is 89.1 cm³/mol. The zero-order valence-corrected chi connectivity index (χ0v) is 14.3. The third-order valence-corrected chi connectivity index (χ3v) is 4.27. The first kappa shape index (κ1) is 17.8. The van der Waals surface area contributed by atoms with Gasteiger partial charge in [0.05, 0.1) is 6.10 Å². The van der Waals surface area contributed by atoms with E-state index in [-0.39, 0.29) is 17.9 Å². The molecule has 0 aliphatic carbocycles. The SMILES string of the molecule is CC(C)(C(=O)NCc1ccc(Cl)cc1)C(=O)NCC1CCCO1. The van der Waals surface area contributed by atoms with Crippen molar-refractivity contribution in [2.24, 2.45) is 5.41 Å². The van der Waals surface area contributed by atoms with Crippen LogP contribution < -0.4 is 10.6 Å². The zero-order valence-electron chi connectivity index (χ0n) is 13.5. The van der Waals surface area contributed by atoms with Gasteiger partial charge in [-0.05, 0) is 44.4 Å². The largest absolute Gasteiger partial charge is 0.376 e. The van der Waals surface area contributed by atoms with E-state index in [4.69, 9.17) is 16.3 Å². The number of halogens is 1. The standard InChI is InChI=1S/C17H23ClN2O3/c1-17(2,16(22)20-11-14-4-3-9-23-14)15(21)19-10-12-5-7-13(18)8-6-12/h5-8,14H,3-4,9-11H2,1-2H3,(H,19,21)(H,20,22). The maximum absolute atomic E-state index is 12.3. The number of hydrogen-bond acceptors (Lipinski definition) is 3. The van der Waals surface area contributed by atoms with Crippen LogP contribution in [-0.2, 0) is 20.9 Å². The van der Waals surface area contributed by atoms with Gasteiger partial charge in [0, 0.05) is 24.7 Å². The molecule has 2 rings (SSSR count). The van der Waals surface area contributed by atoms with E-state index in [9.17, 15) is 9.59 Å². The molecule has 0 aromatic heterocycles. The number of carbonyl (C=O) groups excluding carboxylic acids is 2. The lowest BCUT2D eigenvalue weighted by Crippen LogP contribution is -2.49. The Morgan fingerprint density at radius 2 is 1.87 bits per heavy atom. The van der Waals surface area contributed by atoms with Gasteiger partial charge in [-0.3, -0.25) is 9.59 Å². The molecule has 5 nitrogen and oxygen atoms in total. The fourth-order valence-electron chi connectivity index (χ4n) is 2.34. The van der Waals surface area contributed by atoms with Crippen molar-refractivity contribution >= 4 is 23.4 Å². The minimum atomic E-state index is -1.13. The first-order valence-electron chi connectivity index (χ1n) is 7.82. The molecule has 1 heterocycles. The molecular formula is C17H23ClN2O3. The summed E-state index contributed by atoms with van der Waals surface area (Å²) in [5.41, 5.74) is -0.205. The molecule has 0 radical (unpaired) electrons. The average molecular weight is 339 g/mol. The molecule has 0 bridgehead atoms. The van der Waals surface area contributed by atoms with Crippen LogP contribution in [0.5, 0.6) is 0 Å². The van der Waals surface area contributed by atoms with Crippen molar-refractivity contribution in [2.45, 2.75) is 39.3 Å². The highest BCUT2D eigenvalue weighted by molar-refractivity contribution is 6.30. The molecule has 2 N–H and O–H groups in total. The summed E-state index contributed by atoms with van der Waals surface area (Å²) in [7, 11) is 0. The van der Waals surface area contributed by atoms with E-state index in [1.54, 1.807) is 26.0 Å². The van der Waals surface area contributed by atoms with E-state index in [0.29, 0.717) is 18.1 Å². The Morgan fingerprint density at radius 1 is 1.22 bits per heavy atom.